The number of benzene rings is 2. The zero-order chi connectivity index (χ0) is 22.3. The van der Waals surface area contributed by atoms with Crippen LogP contribution in [0, 0.1) is 0 Å². The van der Waals surface area contributed by atoms with Gasteiger partial charge in [0.1, 0.15) is 11.5 Å². The Morgan fingerprint density at radius 2 is 1.71 bits per heavy atom. The van der Waals surface area contributed by atoms with Crippen LogP contribution in [-0.4, -0.2) is 55.9 Å². The van der Waals surface area contributed by atoms with E-state index in [0.717, 1.165) is 6.08 Å². The standard InChI is InChI=1S/C22H20F3NO5/c23-22(24,25)31-20-4-2-1-3-17(20)7-10-19(27)16-5-8-18(9-6-16)30-15-21(28)26-11-13-29-14-12-26/h1-10H,11-15H2/b10-7+. The Labute approximate surface area is 176 Å². The summed E-state index contributed by atoms with van der Waals surface area (Å²) in [6.07, 6.45) is -2.40. The molecule has 31 heavy (non-hydrogen) atoms. The summed E-state index contributed by atoms with van der Waals surface area (Å²) >= 11 is 0. The Kier molecular flexibility index (Phi) is 7.30. The second-order valence-corrected chi connectivity index (χ2v) is 6.59. The number of hydrogen-bond donors (Lipinski definition) is 0. The van der Waals surface area contributed by atoms with E-state index in [-0.39, 0.29) is 18.1 Å². The van der Waals surface area contributed by atoms with E-state index in [1.54, 1.807) is 17.0 Å². The average Bonchev–Trinajstić information content (AvgIpc) is 2.76. The Morgan fingerprint density at radius 3 is 2.39 bits per heavy atom. The smallest absolute Gasteiger partial charge is 0.484 e. The molecule has 0 N–H and O–H groups in total. The number of halogens is 3. The molecule has 0 unspecified atom stereocenters. The zero-order valence-corrected chi connectivity index (χ0v) is 16.4. The predicted molar refractivity (Wildman–Crippen MR) is 106 cm³/mol. The molecule has 0 aromatic heterocycles. The van der Waals surface area contributed by atoms with Gasteiger partial charge in [0.25, 0.3) is 5.91 Å². The number of amides is 1. The van der Waals surface area contributed by atoms with Crippen molar-refractivity contribution in [1.82, 2.24) is 4.90 Å². The van der Waals surface area contributed by atoms with Gasteiger partial charge in [0, 0.05) is 24.2 Å². The van der Waals surface area contributed by atoms with Gasteiger partial charge in [-0.3, -0.25) is 9.59 Å². The number of para-hydroxylation sites is 1. The molecule has 0 radical (unpaired) electrons. The van der Waals surface area contributed by atoms with Gasteiger partial charge in [-0.25, -0.2) is 0 Å². The van der Waals surface area contributed by atoms with Gasteiger partial charge in [0.2, 0.25) is 0 Å². The number of nitrogens with zero attached hydrogens (tertiary/aromatic N) is 1. The maximum Gasteiger partial charge on any atom is 0.573 e. The number of ketones is 1. The van der Waals surface area contributed by atoms with Gasteiger partial charge in [0.15, 0.2) is 12.4 Å². The van der Waals surface area contributed by atoms with Crippen molar-refractivity contribution >= 4 is 17.8 Å². The molecule has 1 amide bonds. The summed E-state index contributed by atoms with van der Waals surface area (Å²) in [6, 6.07) is 11.6. The largest absolute Gasteiger partial charge is 0.573 e. The third kappa shape index (κ3) is 6.85. The van der Waals surface area contributed by atoms with Crippen molar-refractivity contribution in [2.75, 3.05) is 32.9 Å². The molecule has 6 nitrogen and oxygen atoms in total. The first kappa shape index (κ1) is 22.4. The first-order valence-corrected chi connectivity index (χ1v) is 9.47. The first-order chi connectivity index (χ1) is 14.8. The maximum atomic E-state index is 12.5. The van der Waals surface area contributed by atoms with Gasteiger partial charge in [-0.15, -0.1) is 13.2 Å². The Hall–Kier alpha value is -3.33. The molecule has 0 bridgehead atoms. The average molecular weight is 435 g/mol. The molecule has 0 spiro atoms. The van der Waals surface area contributed by atoms with E-state index in [1.807, 2.05) is 0 Å². The van der Waals surface area contributed by atoms with Crippen LogP contribution in [0.25, 0.3) is 6.08 Å². The third-order valence-electron chi connectivity index (χ3n) is 4.42. The van der Waals surface area contributed by atoms with Crippen LogP contribution < -0.4 is 9.47 Å². The number of allylic oxidation sites excluding steroid dienone is 1. The van der Waals surface area contributed by atoms with E-state index < -0.39 is 17.9 Å². The zero-order valence-electron chi connectivity index (χ0n) is 16.4. The van der Waals surface area contributed by atoms with Gasteiger partial charge < -0.3 is 19.1 Å². The fourth-order valence-electron chi connectivity index (χ4n) is 2.86. The molecule has 3 rings (SSSR count). The SMILES string of the molecule is O=C(/C=C/c1ccccc1OC(F)(F)F)c1ccc(OCC(=O)N2CCOCC2)cc1. The number of morpholine rings is 1. The minimum atomic E-state index is -4.83. The monoisotopic (exact) mass is 435 g/mol. The highest BCUT2D eigenvalue weighted by Gasteiger charge is 2.31. The van der Waals surface area contributed by atoms with E-state index in [1.165, 1.54) is 42.5 Å². The highest BCUT2D eigenvalue weighted by atomic mass is 19.4. The summed E-state index contributed by atoms with van der Waals surface area (Å²) in [7, 11) is 0. The Morgan fingerprint density at radius 1 is 1.03 bits per heavy atom. The summed E-state index contributed by atoms with van der Waals surface area (Å²) < 4.78 is 52.1. The highest BCUT2D eigenvalue weighted by Crippen LogP contribution is 2.27. The Balaban J connectivity index is 1.57. The number of carbonyl (C=O) groups excluding carboxylic acids is 2. The topological polar surface area (TPSA) is 65.1 Å². The molecule has 164 valence electrons. The fourth-order valence-corrected chi connectivity index (χ4v) is 2.86. The van der Waals surface area contributed by atoms with Crippen LogP contribution in [0.2, 0.25) is 0 Å². The van der Waals surface area contributed by atoms with Crippen LogP contribution >= 0.6 is 0 Å². The lowest BCUT2D eigenvalue weighted by molar-refractivity contribution is -0.274. The second-order valence-electron chi connectivity index (χ2n) is 6.59. The molecular formula is C22H20F3NO5. The van der Waals surface area contributed by atoms with Crippen molar-refractivity contribution < 1.29 is 37.0 Å². The van der Waals surface area contributed by atoms with E-state index in [4.69, 9.17) is 9.47 Å². The van der Waals surface area contributed by atoms with E-state index >= 15 is 0 Å². The van der Waals surface area contributed by atoms with Crippen molar-refractivity contribution in [3.05, 3.63) is 65.7 Å². The lowest BCUT2D eigenvalue weighted by Gasteiger charge is -2.26. The van der Waals surface area contributed by atoms with E-state index in [2.05, 4.69) is 4.74 Å². The summed E-state index contributed by atoms with van der Waals surface area (Å²) in [6.45, 7) is 1.94. The van der Waals surface area contributed by atoms with Gasteiger partial charge in [-0.2, -0.15) is 0 Å². The quantitative estimate of drug-likeness (QED) is 0.490. The molecule has 2 aromatic rings. The predicted octanol–water partition coefficient (Wildman–Crippen LogP) is 3.72. The van der Waals surface area contributed by atoms with Crippen molar-refractivity contribution in [3.8, 4) is 11.5 Å². The van der Waals surface area contributed by atoms with Crippen LogP contribution in [0.15, 0.2) is 54.6 Å². The van der Waals surface area contributed by atoms with Gasteiger partial charge in [0.05, 0.1) is 13.2 Å². The maximum absolute atomic E-state index is 12.5. The van der Waals surface area contributed by atoms with Crippen LogP contribution in [0.1, 0.15) is 15.9 Å². The van der Waals surface area contributed by atoms with Gasteiger partial charge in [-0.1, -0.05) is 18.2 Å². The number of hydrogen-bond acceptors (Lipinski definition) is 5. The fraction of sp³-hybridized carbons (Fsp3) is 0.273. The molecule has 1 heterocycles. The molecule has 1 aliphatic heterocycles. The lowest BCUT2D eigenvalue weighted by atomic mass is 10.1. The van der Waals surface area contributed by atoms with Crippen molar-refractivity contribution in [3.63, 3.8) is 0 Å². The van der Waals surface area contributed by atoms with E-state index in [9.17, 15) is 22.8 Å². The normalized spacial score (nSPS) is 14.5. The number of ether oxygens (including phenoxy) is 3. The molecular weight excluding hydrogens is 415 g/mol. The molecule has 2 aromatic carbocycles. The van der Waals surface area contributed by atoms with Crippen LogP contribution in [-0.2, 0) is 9.53 Å². The second kappa shape index (κ2) is 10.1. The summed E-state index contributed by atoms with van der Waals surface area (Å²) in [5.74, 6) is -0.525. The van der Waals surface area contributed by atoms with Crippen LogP contribution in [0.3, 0.4) is 0 Å². The van der Waals surface area contributed by atoms with Gasteiger partial charge >= 0.3 is 6.36 Å². The first-order valence-electron chi connectivity index (χ1n) is 9.47. The molecule has 9 heteroatoms. The van der Waals surface area contributed by atoms with Gasteiger partial charge in [-0.05, 0) is 42.5 Å². The molecule has 0 saturated carbocycles. The Bertz CT molecular complexity index is 935. The molecule has 0 aliphatic carbocycles. The number of alkyl halides is 3. The molecule has 0 atom stereocenters. The molecule has 1 fully saturated rings. The van der Waals surface area contributed by atoms with E-state index in [0.29, 0.717) is 37.6 Å². The number of rotatable bonds is 7. The summed E-state index contributed by atoms with van der Waals surface area (Å²) in [4.78, 5) is 26.1. The lowest BCUT2D eigenvalue weighted by Crippen LogP contribution is -2.42. The highest BCUT2D eigenvalue weighted by molar-refractivity contribution is 6.07. The van der Waals surface area contributed by atoms with Crippen LogP contribution in [0.4, 0.5) is 13.2 Å². The molecule has 1 aliphatic rings. The summed E-state index contributed by atoms with van der Waals surface area (Å²) in [5, 5.41) is 0. The van der Waals surface area contributed by atoms with Crippen molar-refractivity contribution in [1.29, 1.82) is 0 Å². The summed E-state index contributed by atoms with van der Waals surface area (Å²) in [5.41, 5.74) is 0.437. The van der Waals surface area contributed by atoms with Crippen molar-refractivity contribution in [2.24, 2.45) is 0 Å². The third-order valence-corrected chi connectivity index (χ3v) is 4.42. The minimum Gasteiger partial charge on any atom is -0.484 e. The molecule has 1 saturated heterocycles. The number of carbonyl (C=O) groups is 2. The van der Waals surface area contributed by atoms with Crippen LogP contribution in [0.5, 0.6) is 11.5 Å². The minimum absolute atomic E-state index is 0.120. The van der Waals surface area contributed by atoms with Crippen molar-refractivity contribution in [2.45, 2.75) is 6.36 Å².